The molecule has 1 N–H and O–H groups in total. The third-order valence-electron chi connectivity index (χ3n) is 4.82. The summed E-state index contributed by atoms with van der Waals surface area (Å²) < 4.78 is 7.23. The maximum Gasteiger partial charge on any atom is 0.339 e. The Morgan fingerprint density at radius 1 is 1.28 bits per heavy atom. The van der Waals surface area contributed by atoms with Crippen molar-refractivity contribution in [2.45, 2.75) is 45.6 Å². The largest absolute Gasteiger partial charge is 0.478 e. The monoisotopic (exact) mass is 345 g/mol. The highest BCUT2D eigenvalue weighted by Crippen LogP contribution is 2.27. The number of likely N-dealkylation sites (tertiary alicyclic amines) is 1. The van der Waals surface area contributed by atoms with Gasteiger partial charge in [0.1, 0.15) is 11.3 Å². The van der Waals surface area contributed by atoms with Gasteiger partial charge in [-0.25, -0.2) is 4.79 Å². The molecule has 0 atom stereocenters. The van der Waals surface area contributed by atoms with E-state index in [0.29, 0.717) is 24.3 Å². The molecule has 1 saturated heterocycles. The van der Waals surface area contributed by atoms with Gasteiger partial charge >= 0.3 is 5.97 Å². The van der Waals surface area contributed by atoms with Crippen LogP contribution in [0.1, 0.15) is 70.8 Å². The van der Waals surface area contributed by atoms with Crippen LogP contribution in [0.15, 0.2) is 22.9 Å². The Morgan fingerprint density at radius 2 is 1.96 bits per heavy atom. The number of piperidine rings is 1. The zero-order chi connectivity index (χ0) is 18.1. The number of aromatic nitrogens is 2. The predicted molar refractivity (Wildman–Crippen MR) is 90.9 cm³/mol. The number of carboxylic acid groups (broad SMARTS) is 1. The van der Waals surface area contributed by atoms with Crippen LogP contribution in [0.5, 0.6) is 0 Å². The van der Waals surface area contributed by atoms with Gasteiger partial charge in [-0.2, -0.15) is 5.10 Å². The maximum absolute atomic E-state index is 12.8. The molecule has 0 spiro atoms. The molecular formula is C18H23N3O4. The van der Waals surface area contributed by atoms with Crippen LogP contribution in [0, 0.1) is 6.92 Å². The van der Waals surface area contributed by atoms with E-state index in [2.05, 4.69) is 5.10 Å². The number of hydrogen-bond acceptors (Lipinski definition) is 4. The molecule has 2 aromatic rings. The zero-order valence-corrected chi connectivity index (χ0v) is 14.7. The second-order valence-corrected chi connectivity index (χ2v) is 6.77. The van der Waals surface area contributed by atoms with Crippen LogP contribution in [-0.2, 0) is 0 Å². The predicted octanol–water partition coefficient (Wildman–Crippen LogP) is 3.08. The van der Waals surface area contributed by atoms with Gasteiger partial charge in [-0.1, -0.05) is 13.8 Å². The standard InChI is InChI=1S/C18H23N3O4/c1-11(2)16-14(6-9-25-16)17(22)20-7-4-13(5-8-20)21-12(3)15(10-19-21)18(23)24/h6,9-11,13H,4-5,7-8H2,1-3H3,(H,23,24). The second kappa shape index (κ2) is 6.74. The molecule has 1 aliphatic rings. The molecule has 0 saturated carbocycles. The number of hydrogen-bond donors (Lipinski definition) is 1. The van der Waals surface area contributed by atoms with Gasteiger partial charge in [0.05, 0.1) is 29.8 Å². The fourth-order valence-corrected chi connectivity index (χ4v) is 3.43. The molecule has 1 fully saturated rings. The Bertz CT molecular complexity index is 782. The van der Waals surface area contributed by atoms with Crippen LogP contribution in [0.25, 0.3) is 0 Å². The van der Waals surface area contributed by atoms with E-state index < -0.39 is 5.97 Å². The molecule has 0 bridgehead atoms. The zero-order valence-electron chi connectivity index (χ0n) is 14.7. The Kier molecular flexibility index (Phi) is 4.65. The third-order valence-corrected chi connectivity index (χ3v) is 4.82. The molecular weight excluding hydrogens is 322 g/mol. The summed E-state index contributed by atoms with van der Waals surface area (Å²) in [6.07, 6.45) is 4.47. The quantitative estimate of drug-likeness (QED) is 0.920. The Hall–Kier alpha value is -2.57. The molecule has 2 aromatic heterocycles. The van der Waals surface area contributed by atoms with Crippen LogP contribution in [0.2, 0.25) is 0 Å². The first-order chi connectivity index (χ1) is 11.9. The lowest BCUT2D eigenvalue weighted by molar-refractivity contribution is 0.0685. The van der Waals surface area contributed by atoms with Crippen LogP contribution < -0.4 is 0 Å². The lowest BCUT2D eigenvalue weighted by Gasteiger charge is -2.32. The molecule has 0 aromatic carbocycles. The van der Waals surface area contributed by atoms with Crippen LogP contribution in [-0.4, -0.2) is 44.8 Å². The summed E-state index contributed by atoms with van der Waals surface area (Å²) in [7, 11) is 0. The fraction of sp³-hybridized carbons (Fsp3) is 0.500. The smallest absolute Gasteiger partial charge is 0.339 e. The summed E-state index contributed by atoms with van der Waals surface area (Å²) >= 11 is 0. The van der Waals surface area contributed by atoms with Gasteiger partial charge in [-0.3, -0.25) is 9.48 Å². The number of furan rings is 1. The Labute approximate surface area is 146 Å². The molecule has 7 nitrogen and oxygen atoms in total. The van der Waals surface area contributed by atoms with E-state index >= 15 is 0 Å². The summed E-state index contributed by atoms with van der Waals surface area (Å²) in [5.41, 5.74) is 1.53. The van der Waals surface area contributed by atoms with Gasteiger partial charge < -0.3 is 14.4 Å². The van der Waals surface area contributed by atoms with Crippen molar-refractivity contribution in [3.05, 3.63) is 41.1 Å². The lowest BCUT2D eigenvalue weighted by Crippen LogP contribution is -2.39. The molecule has 3 rings (SSSR count). The SMILES string of the molecule is Cc1c(C(=O)O)cnn1C1CCN(C(=O)c2ccoc2C(C)C)CC1. The van der Waals surface area contributed by atoms with Crippen molar-refractivity contribution < 1.29 is 19.1 Å². The molecule has 0 unspecified atom stereocenters. The maximum atomic E-state index is 12.8. The van der Waals surface area contributed by atoms with Gasteiger partial charge in [0, 0.05) is 19.0 Å². The average Bonchev–Trinajstić information content (AvgIpc) is 3.21. The topological polar surface area (TPSA) is 88.6 Å². The van der Waals surface area contributed by atoms with Gasteiger partial charge in [-0.05, 0) is 25.8 Å². The number of carbonyl (C=O) groups is 2. The summed E-state index contributed by atoms with van der Waals surface area (Å²) in [6, 6.07) is 1.85. The van der Waals surface area contributed by atoms with Crippen molar-refractivity contribution >= 4 is 11.9 Å². The van der Waals surface area contributed by atoms with E-state index in [9.17, 15) is 9.59 Å². The number of carbonyl (C=O) groups excluding carboxylic acids is 1. The molecule has 25 heavy (non-hydrogen) atoms. The van der Waals surface area contributed by atoms with E-state index in [0.717, 1.165) is 18.6 Å². The number of carboxylic acids is 1. The minimum atomic E-state index is -0.961. The molecule has 0 radical (unpaired) electrons. The van der Waals surface area contributed by atoms with Crippen molar-refractivity contribution in [1.82, 2.24) is 14.7 Å². The number of aromatic carboxylic acids is 1. The van der Waals surface area contributed by atoms with Crippen molar-refractivity contribution in [1.29, 1.82) is 0 Å². The Balaban J connectivity index is 1.69. The van der Waals surface area contributed by atoms with Gasteiger partial charge in [0.25, 0.3) is 5.91 Å². The first-order valence-electron chi connectivity index (χ1n) is 8.54. The number of amides is 1. The first kappa shape index (κ1) is 17.3. The van der Waals surface area contributed by atoms with E-state index in [1.54, 1.807) is 23.9 Å². The first-order valence-corrected chi connectivity index (χ1v) is 8.54. The van der Waals surface area contributed by atoms with Crippen molar-refractivity contribution in [3.63, 3.8) is 0 Å². The summed E-state index contributed by atoms with van der Waals surface area (Å²) in [4.78, 5) is 25.8. The Morgan fingerprint density at radius 3 is 2.52 bits per heavy atom. The van der Waals surface area contributed by atoms with Crippen molar-refractivity contribution in [2.75, 3.05) is 13.1 Å². The van der Waals surface area contributed by atoms with Crippen LogP contribution in [0.3, 0.4) is 0 Å². The third kappa shape index (κ3) is 3.18. The average molecular weight is 345 g/mol. The van der Waals surface area contributed by atoms with E-state index in [1.165, 1.54) is 6.20 Å². The highest BCUT2D eigenvalue weighted by molar-refractivity contribution is 5.95. The van der Waals surface area contributed by atoms with Gasteiger partial charge in [0.2, 0.25) is 0 Å². The molecule has 1 aliphatic heterocycles. The highest BCUT2D eigenvalue weighted by atomic mass is 16.4. The van der Waals surface area contributed by atoms with Crippen molar-refractivity contribution in [3.8, 4) is 0 Å². The minimum absolute atomic E-state index is 0.000637. The van der Waals surface area contributed by atoms with E-state index in [4.69, 9.17) is 9.52 Å². The van der Waals surface area contributed by atoms with E-state index in [1.807, 2.05) is 18.7 Å². The lowest BCUT2D eigenvalue weighted by atomic mass is 10.0. The van der Waals surface area contributed by atoms with Crippen LogP contribution in [0.4, 0.5) is 0 Å². The number of nitrogens with zero attached hydrogens (tertiary/aromatic N) is 3. The van der Waals surface area contributed by atoms with Crippen molar-refractivity contribution in [2.24, 2.45) is 0 Å². The van der Waals surface area contributed by atoms with E-state index in [-0.39, 0.29) is 23.4 Å². The molecule has 134 valence electrons. The summed E-state index contributed by atoms with van der Waals surface area (Å²) in [5, 5.41) is 13.4. The van der Waals surface area contributed by atoms with Crippen LogP contribution >= 0.6 is 0 Å². The molecule has 7 heteroatoms. The van der Waals surface area contributed by atoms with Gasteiger partial charge in [-0.15, -0.1) is 0 Å². The summed E-state index contributed by atoms with van der Waals surface area (Å²) in [6.45, 7) is 7.01. The van der Waals surface area contributed by atoms with Gasteiger partial charge in [0.15, 0.2) is 0 Å². The highest BCUT2D eigenvalue weighted by Gasteiger charge is 2.29. The summed E-state index contributed by atoms with van der Waals surface area (Å²) in [5.74, 6) is -0.0781. The second-order valence-electron chi connectivity index (χ2n) is 6.77. The molecule has 0 aliphatic carbocycles. The fourth-order valence-electron chi connectivity index (χ4n) is 3.43. The number of rotatable bonds is 4. The molecule has 1 amide bonds. The normalized spacial score (nSPS) is 15.8. The minimum Gasteiger partial charge on any atom is -0.478 e. The molecule has 3 heterocycles.